The summed E-state index contributed by atoms with van der Waals surface area (Å²) in [6.07, 6.45) is 6.44. The molecule has 0 amide bonds. The van der Waals surface area contributed by atoms with E-state index >= 15 is 0 Å². The molecule has 1 saturated heterocycles. The molecular formula is C21H28N4O3S. The average molecular weight is 417 g/mol. The number of nitrogens with zero attached hydrogens (tertiary/aromatic N) is 4. The van der Waals surface area contributed by atoms with Crippen molar-refractivity contribution in [2.45, 2.75) is 44.6 Å². The van der Waals surface area contributed by atoms with Crippen LogP contribution in [-0.2, 0) is 29.4 Å². The third-order valence-corrected chi connectivity index (χ3v) is 7.60. The lowest BCUT2D eigenvalue weighted by Gasteiger charge is -2.34. The molecule has 0 atom stereocenters. The Morgan fingerprint density at radius 1 is 1.07 bits per heavy atom. The number of aryl methyl sites for hydroxylation is 2. The largest absolute Gasteiger partial charge is 0.349 e. The fraction of sp³-hybridized carbons (Fsp3) is 0.524. The summed E-state index contributed by atoms with van der Waals surface area (Å²) in [6.45, 7) is 6.38. The van der Waals surface area contributed by atoms with E-state index < -0.39 is 10.0 Å². The van der Waals surface area contributed by atoms with E-state index in [1.165, 1.54) is 9.87 Å². The number of aromatic nitrogens is 2. The molecule has 1 fully saturated rings. The van der Waals surface area contributed by atoms with Crippen LogP contribution in [0.15, 0.2) is 40.3 Å². The third kappa shape index (κ3) is 3.96. The molecule has 0 radical (unpaired) electrons. The van der Waals surface area contributed by atoms with E-state index in [1.54, 1.807) is 23.0 Å². The molecule has 8 heteroatoms. The van der Waals surface area contributed by atoms with Crippen LogP contribution < -0.4 is 10.5 Å². The van der Waals surface area contributed by atoms with Crippen molar-refractivity contribution in [1.82, 2.24) is 13.9 Å². The second-order valence-electron chi connectivity index (χ2n) is 8.28. The molecule has 0 unspecified atom stereocenters. The number of rotatable bonds is 5. The van der Waals surface area contributed by atoms with Crippen LogP contribution in [0.25, 0.3) is 0 Å². The predicted molar refractivity (Wildman–Crippen MR) is 113 cm³/mol. The third-order valence-electron chi connectivity index (χ3n) is 5.70. The fourth-order valence-corrected chi connectivity index (χ4v) is 5.66. The first-order valence-corrected chi connectivity index (χ1v) is 11.7. The van der Waals surface area contributed by atoms with Gasteiger partial charge >= 0.3 is 0 Å². The van der Waals surface area contributed by atoms with Crippen molar-refractivity contribution >= 4 is 15.8 Å². The first-order chi connectivity index (χ1) is 13.9. The van der Waals surface area contributed by atoms with Gasteiger partial charge in [-0.1, -0.05) is 19.9 Å². The Bertz CT molecular complexity index is 1050. The Kier molecular flexibility index (Phi) is 5.48. The maximum Gasteiger partial charge on any atom is 0.293 e. The maximum absolute atomic E-state index is 13.1. The number of sulfonamides is 1. The summed E-state index contributed by atoms with van der Waals surface area (Å²) in [7, 11) is -3.52. The van der Waals surface area contributed by atoms with E-state index in [-0.39, 0.29) is 5.56 Å². The van der Waals surface area contributed by atoms with Crippen LogP contribution in [0, 0.1) is 5.92 Å². The van der Waals surface area contributed by atoms with Crippen LogP contribution in [0.2, 0.25) is 0 Å². The van der Waals surface area contributed by atoms with Gasteiger partial charge in [0.2, 0.25) is 10.0 Å². The molecule has 1 aromatic carbocycles. The summed E-state index contributed by atoms with van der Waals surface area (Å²) < 4.78 is 29.4. The summed E-state index contributed by atoms with van der Waals surface area (Å²) in [6, 6.07) is 5.53. The smallest absolute Gasteiger partial charge is 0.293 e. The van der Waals surface area contributed by atoms with Crippen LogP contribution in [-0.4, -0.2) is 48.5 Å². The van der Waals surface area contributed by atoms with E-state index in [1.807, 2.05) is 17.0 Å². The van der Waals surface area contributed by atoms with Gasteiger partial charge in [-0.25, -0.2) is 13.4 Å². The van der Waals surface area contributed by atoms with Gasteiger partial charge in [-0.15, -0.1) is 0 Å². The van der Waals surface area contributed by atoms with E-state index in [0.29, 0.717) is 49.4 Å². The summed E-state index contributed by atoms with van der Waals surface area (Å²) in [5.41, 5.74) is 2.31. The highest BCUT2D eigenvalue weighted by molar-refractivity contribution is 7.89. The number of hydrogen-bond acceptors (Lipinski definition) is 5. The average Bonchev–Trinajstić information content (AvgIpc) is 3.17. The quantitative estimate of drug-likeness (QED) is 0.744. The lowest BCUT2D eigenvalue weighted by atomic mass is 10.1. The van der Waals surface area contributed by atoms with Crippen molar-refractivity contribution in [2.75, 3.05) is 31.1 Å². The molecular weight excluding hydrogens is 388 g/mol. The van der Waals surface area contributed by atoms with Gasteiger partial charge in [-0.2, -0.15) is 4.31 Å². The first-order valence-electron chi connectivity index (χ1n) is 10.3. The minimum atomic E-state index is -3.52. The van der Waals surface area contributed by atoms with Gasteiger partial charge in [-0.05, 0) is 48.4 Å². The molecule has 1 aliphatic heterocycles. The van der Waals surface area contributed by atoms with Gasteiger partial charge < -0.3 is 9.47 Å². The first kappa shape index (κ1) is 20.1. The molecule has 1 aromatic heterocycles. The zero-order valence-corrected chi connectivity index (χ0v) is 17.9. The monoisotopic (exact) mass is 416 g/mol. The molecule has 156 valence electrons. The Hall–Kier alpha value is -2.19. The maximum atomic E-state index is 13.1. The highest BCUT2D eigenvalue weighted by Crippen LogP contribution is 2.27. The minimum Gasteiger partial charge on any atom is -0.349 e. The normalized spacial score (nSPS) is 17.7. The Morgan fingerprint density at radius 3 is 2.52 bits per heavy atom. The van der Waals surface area contributed by atoms with Gasteiger partial charge in [0.1, 0.15) is 0 Å². The number of piperazine rings is 1. The van der Waals surface area contributed by atoms with Crippen LogP contribution >= 0.6 is 0 Å². The number of anilines is 1. The van der Waals surface area contributed by atoms with Crippen LogP contribution in [0.5, 0.6) is 0 Å². The zero-order chi connectivity index (χ0) is 20.6. The van der Waals surface area contributed by atoms with E-state index in [2.05, 4.69) is 18.8 Å². The Labute approximate surface area is 172 Å². The van der Waals surface area contributed by atoms with Gasteiger partial charge in [-0.3, -0.25) is 4.79 Å². The molecule has 1 aliphatic carbocycles. The van der Waals surface area contributed by atoms with E-state index in [0.717, 1.165) is 24.8 Å². The highest BCUT2D eigenvalue weighted by atomic mass is 32.2. The molecule has 7 nitrogen and oxygen atoms in total. The highest BCUT2D eigenvalue weighted by Gasteiger charge is 2.30. The van der Waals surface area contributed by atoms with Crippen molar-refractivity contribution in [3.05, 3.63) is 52.1 Å². The van der Waals surface area contributed by atoms with Crippen LogP contribution in [0.4, 0.5) is 5.82 Å². The van der Waals surface area contributed by atoms with Crippen molar-refractivity contribution < 1.29 is 8.42 Å². The lowest BCUT2D eigenvalue weighted by molar-refractivity contribution is 0.382. The van der Waals surface area contributed by atoms with Gasteiger partial charge in [0, 0.05) is 45.1 Å². The predicted octanol–water partition coefficient (Wildman–Crippen LogP) is 1.90. The van der Waals surface area contributed by atoms with Gasteiger partial charge in [0.25, 0.3) is 5.56 Å². The van der Waals surface area contributed by atoms with Crippen molar-refractivity contribution in [3.8, 4) is 0 Å². The topological polar surface area (TPSA) is 75.5 Å². The second kappa shape index (κ2) is 7.91. The van der Waals surface area contributed by atoms with Crippen molar-refractivity contribution in [2.24, 2.45) is 5.92 Å². The Morgan fingerprint density at radius 2 is 1.79 bits per heavy atom. The van der Waals surface area contributed by atoms with Crippen LogP contribution in [0.3, 0.4) is 0 Å². The summed E-state index contributed by atoms with van der Waals surface area (Å²) in [5, 5.41) is 0. The second-order valence-corrected chi connectivity index (χ2v) is 10.2. The standard InChI is InChI=1S/C21H28N4O3S/c1-16(2)15-24-9-8-22-20(21(24)26)23-10-12-25(13-11-23)29(27,28)19-7-6-17-4-3-5-18(17)14-19/h6-9,14,16H,3-5,10-13,15H2,1-2H3. The van der Waals surface area contributed by atoms with E-state index in [4.69, 9.17) is 0 Å². The molecule has 29 heavy (non-hydrogen) atoms. The molecule has 0 saturated carbocycles. The summed E-state index contributed by atoms with van der Waals surface area (Å²) in [5.74, 6) is 0.764. The molecule has 0 N–H and O–H groups in total. The van der Waals surface area contributed by atoms with Gasteiger partial charge in [0.15, 0.2) is 5.82 Å². The van der Waals surface area contributed by atoms with Crippen LogP contribution in [0.1, 0.15) is 31.4 Å². The summed E-state index contributed by atoms with van der Waals surface area (Å²) in [4.78, 5) is 19.3. The SMILES string of the molecule is CC(C)Cn1ccnc(N2CCN(S(=O)(=O)c3ccc4c(c3)CCC4)CC2)c1=O. The Balaban J connectivity index is 1.49. The number of hydrogen-bond donors (Lipinski definition) is 0. The molecule has 2 aromatic rings. The lowest BCUT2D eigenvalue weighted by Crippen LogP contribution is -2.50. The molecule has 0 bridgehead atoms. The fourth-order valence-electron chi connectivity index (χ4n) is 4.19. The molecule has 2 aliphatic rings. The van der Waals surface area contributed by atoms with Crippen molar-refractivity contribution in [3.63, 3.8) is 0 Å². The minimum absolute atomic E-state index is 0.115. The van der Waals surface area contributed by atoms with Gasteiger partial charge in [0.05, 0.1) is 4.90 Å². The van der Waals surface area contributed by atoms with E-state index in [9.17, 15) is 13.2 Å². The molecule has 2 heterocycles. The summed E-state index contributed by atoms with van der Waals surface area (Å²) >= 11 is 0. The van der Waals surface area contributed by atoms with Crippen molar-refractivity contribution in [1.29, 1.82) is 0 Å². The number of benzene rings is 1. The molecule has 0 spiro atoms. The zero-order valence-electron chi connectivity index (χ0n) is 17.0. The molecule has 4 rings (SSSR count). The number of fused-ring (bicyclic) bond motifs is 1.